The van der Waals surface area contributed by atoms with E-state index in [1.54, 1.807) is 6.92 Å². The molecule has 0 aromatic carbocycles. The maximum Gasteiger partial charge on any atom is 0.258 e. The monoisotopic (exact) mass is 155 g/mol. The second-order valence-corrected chi connectivity index (χ2v) is 2.51. The van der Waals surface area contributed by atoms with Crippen LogP contribution in [0, 0.1) is 0 Å². The van der Waals surface area contributed by atoms with Crippen LogP contribution >= 0.6 is 0 Å². The Balaban J connectivity index is 3.07. The second-order valence-electron chi connectivity index (χ2n) is 2.51. The van der Waals surface area contributed by atoms with E-state index < -0.39 is 17.7 Å². The minimum Gasteiger partial charge on any atom is -0.509 e. The molecule has 1 aliphatic rings. The van der Waals surface area contributed by atoms with Gasteiger partial charge in [-0.2, -0.15) is 0 Å². The number of nitrogens with one attached hydrogen (secondary N) is 1. The molecule has 0 aromatic rings. The van der Waals surface area contributed by atoms with Crippen LogP contribution in [0.5, 0.6) is 0 Å². The van der Waals surface area contributed by atoms with Crippen molar-refractivity contribution >= 4 is 11.7 Å². The summed E-state index contributed by atoms with van der Waals surface area (Å²) >= 11 is 0. The van der Waals surface area contributed by atoms with E-state index in [9.17, 15) is 14.7 Å². The molecule has 1 rings (SSSR count). The molecule has 1 atom stereocenters. The summed E-state index contributed by atoms with van der Waals surface area (Å²) in [4.78, 5) is 21.6. The molecule has 11 heavy (non-hydrogen) atoms. The van der Waals surface area contributed by atoms with Crippen molar-refractivity contribution in [3.63, 3.8) is 0 Å². The lowest BCUT2D eigenvalue weighted by atomic mass is 10.1. The number of aliphatic hydroxyl groups is 1. The number of hydrogen-bond donors (Lipinski definition) is 2. The lowest BCUT2D eigenvalue weighted by Gasteiger charge is -1.99. The van der Waals surface area contributed by atoms with Gasteiger partial charge < -0.3 is 10.4 Å². The molecule has 0 radical (unpaired) electrons. The van der Waals surface area contributed by atoms with Crippen LogP contribution in [0.25, 0.3) is 0 Å². The zero-order valence-electron chi connectivity index (χ0n) is 6.34. The number of amides is 1. The van der Waals surface area contributed by atoms with Crippen LogP contribution in [0.3, 0.4) is 0 Å². The van der Waals surface area contributed by atoms with Gasteiger partial charge in [0.2, 0.25) is 0 Å². The van der Waals surface area contributed by atoms with Gasteiger partial charge in [0.05, 0.1) is 6.04 Å². The third-order valence-electron chi connectivity index (χ3n) is 1.59. The Morgan fingerprint density at radius 2 is 2.18 bits per heavy atom. The van der Waals surface area contributed by atoms with Crippen molar-refractivity contribution in [3.8, 4) is 0 Å². The van der Waals surface area contributed by atoms with E-state index >= 15 is 0 Å². The predicted molar refractivity (Wildman–Crippen MR) is 37.9 cm³/mol. The second kappa shape index (κ2) is 2.38. The van der Waals surface area contributed by atoms with E-state index in [-0.39, 0.29) is 11.3 Å². The molecule has 1 amide bonds. The molecular weight excluding hydrogens is 146 g/mol. The van der Waals surface area contributed by atoms with Crippen LogP contribution in [0.15, 0.2) is 11.3 Å². The van der Waals surface area contributed by atoms with Crippen LogP contribution < -0.4 is 5.32 Å². The first-order valence-electron chi connectivity index (χ1n) is 3.29. The van der Waals surface area contributed by atoms with Gasteiger partial charge in [0.1, 0.15) is 11.3 Å². The van der Waals surface area contributed by atoms with E-state index in [0.717, 1.165) is 0 Å². The zero-order chi connectivity index (χ0) is 8.59. The van der Waals surface area contributed by atoms with Crippen molar-refractivity contribution in [2.45, 2.75) is 19.9 Å². The van der Waals surface area contributed by atoms with Gasteiger partial charge in [-0.05, 0) is 13.8 Å². The molecule has 1 unspecified atom stereocenters. The third-order valence-corrected chi connectivity index (χ3v) is 1.59. The molecule has 1 aliphatic heterocycles. The highest BCUT2D eigenvalue weighted by atomic mass is 16.3. The van der Waals surface area contributed by atoms with Gasteiger partial charge in [-0.3, -0.25) is 9.59 Å². The van der Waals surface area contributed by atoms with Gasteiger partial charge in [-0.1, -0.05) is 0 Å². The minimum atomic E-state index is -0.484. The molecule has 4 nitrogen and oxygen atoms in total. The molecule has 60 valence electrons. The van der Waals surface area contributed by atoms with Crippen molar-refractivity contribution in [2.75, 3.05) is 0 Å². The Hall–Kier alpha value is -1.32. The highest BCUT2D eigenvalue weighted by molar-refractivity contribution is 6.20. The molecule has 0 saturated heterocycles. The molecule has 1 heterocycles. The standard InChI is InChI=1S/C7H9NO3/c1-3-6(10)5(4(2)9)7(11)8-3/h3,10H,1-2H3,(H,8,11). The Morgan fingerprint density at radius 1 is 1.64 bits per heavy atom. The smallest absolute Gasteiger partial charge is 0.258 e. The summed E-state index contributed by atoms with van der Waals surface area (Å²) in [7, 11) is 0. The van der Waals surface area contributed by atoms with Gasteiger partial charge in [0.25, 0.3) is 5.91 Å². The summed E-state index contributed by atoms with van der Waals surface area (Å²) in [5.41, 5.74) is -0.113. The lowest BCUT2D eigenvalue weighted by molar-refractivity contribution is -0.121. The Bertz CT molecular complexity index is 254. The minimum absolute atomic E-state index is 0.113. The van der Waals surface area contributed by atoms with Crippen LogP contribution in [0.4, 0.5) is 0 Å². The van der Waals surface area contributed by atoms with Crippen molar-refractivity contribution < 1.29 is 14.7 Å². The Labute approximate surface area is 63.9 Å². The van der Waals surface area contributed by atoms with Gasteiger partial charge in [-0.25, -0.2) is 0 Å². The van der Waals surface area contributed by atoms with Crippen molar-refractivity contribution in [1.29, 1.82) is 0 Å². The van der Waals surface area contributed by atoms with Crippen molar-refractivity contribution in [2.24, 2.45) is 0 Å². The maximum atomic E-state index is 10.9. The van der Waals surface area contributed by atoms with Crippen LogP contribution in [-0.2, 0) is 9.59 Å². The summed E-state index contributed by atoms with van der Waals surface area (Å²) in [6.07, 6.45) is 0. The topological polar surface area (TPSA) is 66.4 Å². The largest absolute Gasteiger partial charge is 0.509 e. The predicted octanol–water partition coefficient (Wildman–Crippen LogP) is -0.0942. The molecule has 0 spiro atoms. The number of hydrogen-bond acceptors (Lipinski definition) is 3. The number of carbonyl (C=O) groups excluding carboxylic acids is 2. The van der Waals surface area contributed by atoms with E-state index in [1.807, 2.05) is 0 Å². The number of rotatable bonds is 1. The fraction of sp³-hybridized carbons (Fsp3) is 0.429. The highest BCUT2D eigenvalue weighted by Crippen LogP contribution is 2.14. The molecule has 0 saturated carbocycles. The SMILES string of the molecule is CC(=O)C1=C(O)C(C)NC1=O. The van der Waals surface area contributed by atoms with Crippen LogP contribution in [0.1, 0.15) is 13.8 Å². The first-order valence-corrected chi connectivity index (χ1v) is 3.29. The van der Waals surface area contributed by atoms with Gasteiger partial charge >= 0.3 is 0 Å². The summed E-state index contributed by atoms with van der Waals surface area (Å²) in [6.45, 7) is 2.87. The zero-order valence-corrected chi connectivity index (χ0v) is 6.34. The molecule has 0 aliphatic carbocycles. The summed E-state index contributed by atoms with van der Waals surface area (Å²) in [6, 6.07) is -0.429. The summed E-state index contributed by atoms with van der Waals surface area (Å²) < 4.78 is 0. The molecule has 0 fully saturated rings. The fourth-order valence-electron chi connectivity index (χ4n) is 1.01. The van der Waals surface area contributed by atoms with E-state index in [2.05, 4.69) is 5.32 Å². The number of carbonyl (C=O) groups is 2. The van der Waals surface area contributed by atoms with Gasteiger partial charge in [0, 0.05) is 0 Å². The Morgan fingerprint density at radius 3 is 2.36 bits per heavy atom. The van der Waals surface area contributed by atoms with Crippen molar-refractivity contribution in [1.82, 2.24) is 5.32 Å². The fourth-order valence-corrected chi connectivity index (χ4v) is 1.01. The lowest BCUT2D eigenvalue weighted by Crippen LogP contribution is -2.26. The van der Waals surface area contributed by atoms with Gasteiger partial charge in [0.15, 0.2) is 5.78 Å². The number of ketones is 1. The molecule has 0 aromatic heterocycles. The third kappa shape index (κ3) is 1.11. The summed E-state index contributed by atoms with van der Waals surface area (Å²) in [5, 5.41) is 11.6. The normalized spacial score (nSPS) is 23.8. The molecule has 0 bridgehead atoms. The van der Waals surface area contributed by atoms with Crippen molar-refractivity contribution in [3.05, 3.63) is 11.3 Å². The quantitative estimate of drug-likeness (QED) is 0.520. The van der Waals surface area contributed by atoms with Gasteiger partial charge in [-0.15, -0.1) is 0 Å². The number of Topliss-reactive ketones (excluding diaryl/α,β-unsaturated/α-hetero) is 1. The van der Waals surface area contributed by atoms with E-state index in [4.69, 9.17) is 0 Å². The van der Waals surface area contributed by atoms with E-state index in [1.165, 1.54) is 6.92 Å². The first kappa shape index (κ1) is 7.78. The maximum absolute atomic E-state index is 10.9. The average Bonchev–Trinajstić information content (AvgIpc) is 2.07. The summed E-state index contributed by atoms with van der Waals surface area (Å²) in [5.74, 6) is -1.03. The Kier molecular flexibility index (Phi) is 1.68. The molecular formula is C7H9NO3. The van der Waals surface area contributed by atoms with Crippen LogP contribution in [0.2, 0.25) is 0 Å². The highest BCUT2D eigenvalue weighted by Gasteiger charge is 2.30. The molecule has 4 heteroatoms. The van der Waals surface area contributed by atoms with E-state index in [0.29, 0.717) is 0 Å². The molecule has 2 N–H and O–H groups in total. The number of aliphatic hydroxyl groups excluding tert-OH is 1. The first-order chi connectivity index (χ1) is 5.04. The van der Waals surface area contributed by atoms with Crippen LogP contribution in [-0.4, -0.2) is 22.8 Å². The average molecular weight is 155 g/mol.